The van der Waals surface area contributed by atoms with E-state index in [0.29, 0.717) is 5.92 Å². The van der Waals surface area contributed by atoms with Gasteiger partial charge in [0.2, 0.25) is 0 Å². The topological polar surface area (TPSA) is 0 Å². The van der Waals surface area contributed by atoms with Gasteiger partial charge in [-0.2, -0.15) is 0 Å². The molecule has 1 aliphatic rings. The van der Waals surface area contributed by atoms with E-state index in [2.05, 4.69) is 106 Å². The molecular weight excluding hydrogens is 324 g/mol. The molecule has 4 rings (SSSR count). The summed E-state index contributed by atoms with van der Waals surface area (Å²) in [6.45, 7) is 11.3. The van der Waals surface area contributed by atoms with E-state index in [0.717, 1.165) is 5.57 Å². The Morgan fingerprint density at radius 3 is 2.04 bits per heavy atom. The van der Waals surface area contributed by atoms with Crippen LogP contribution in [0.2, 0.25) is 0 Å². The largest absolute Gasteiger partial charge is 0.0908 e. The minimum atomic E-state index is 0.204. The van der Waals surface area contributed by atoms with Crippen LogP contribution in [0.5, 0.6) is 0 Å². The molecule has 0 aromatic heterocycles. The number of hydrogen-bond donors (Lipinski definition) is 0. The maximum Gasteiger partial charge on any atom is 0.0345 e. The zero-order valence-electron chi connectivity index (χ0n) is 16.4. The lowest BCUT2D eigenvalue weighted by atomic mass is 9.70. The van der Waals surface area contributed by atoms with Crippen LogP contribution in [0.3, 0.4) is 0 Å². The first-order valence-corrected chi connectivity index (χ1v) is 9.68. The Morgan fingerprint density at radius 1 is 0.741 bits per heavy atom. The number of fused-ring (bicyclic) bond motifs is 1. The highest BCUT2D eigenvalue weighted by Gasteiger charge is 2.30. The van der Waals surface area contributed by atoms with Gasteiger partial charge in [-0.1, -0.05) is 104 Å². The molecule has 0 spiro atoms. The van der Waals surface area contributed by atoms with Gasteiger partial charge in [-0.3, -0.25) is 0 Å². The summed E-state index contributed by atoms with van der Waals surface area (Å²) in [7, 11) is 0. The normalized spacial score (nSPS) is 17.6. The number of hydrogen-bond acceptors (Lipinski definition) is 0. The minimum Gasteiger partial charge on any atom is -0.0908 e. The van der Waals surface area contributed by atoms with Gasteiger partial charge < -0.3 is 0 Å². The molecule has 0 heterocycles. The van der Waals surface area contributed by atoms with Crippen LogP contribution in [0.15, 0.2) is 96.6 Å². The molecule has 0 amide bonds. The minimum absolute atomic E-state index is 0.204. The molecule has 0 aliphatic heterocycles. The molecular formula is C27H26. The summed E-state index contributed by atoms with van der Waals surface area (Å²) in [6, 6.07) is 28.5. The molecule has 134 valence electrons. The summed E-state index contributed by atoms with van der Waals surface area (Å²) in [6.07, 6.45) is 0. The summed E-state index contributed by atoms with van der Waals surface area (Å²) in [5, 5.41) is 0. The molecule has 3 aromatic rings. The first kappa shape index (κ1) is 17.5. The van der Waals surface area contributed by atoms with Crippen molar-refractivity contribution in [1.82, 2.24) is 0 Å². The predicted octanol–water partition coefficient (Wildman–Crippen LogP) is 7.27. The van der Waals surface area contributed by atoms with Crippen molar-refractivity contribution in [1.29, 1.82) is 0 Å². The quantitative estimate of drug-likeness (QED) is 0.466. The molecule has 0 radical (unpaired) electrons. The molecule has 1 aliphatic carbocycles. The fourth-order valence-corrected chi connectivity index (χ4v) is 4.33. The SMILES string of the molecule is C=C1C(C(c2ccccc2)c2ccc(C)cc2)=C(C)C(C)c2ccccc21. The third-order valence-corrected chi connectivity index (χ3v) is 5.98. The first-order chi connectivity index (χ1) is 13.1. The Labute approximate surface area is 162 Å². The van der Waals surface area contributed by atoms with Crippen molar-refractivity contribution in [2.45, 2.75) is 32.6 Å². The van der Waals surface area contributed by atoms with Crippen LogP contribution in [0, 0.1) is 6.92 Å². The molecule has 0 nitrogen and oxygen atoms in total. The smallest absolute Gasteiger partial charge is 0.0345 e. The maximum atomic E-state index is 4.55. The second-order valence-corrected chi connectivity index (χ2v) is 7.64. The Kier molecular flexibility index (Phi) is 4.58. The molecule has 0 N–H and O–H groups in total. The van der Waals surface area contributed by atoms with Crippen molar-refractivity contribution in [3.05, 3.63) is 124 Å². The summed E-state index contributed by atoms with van der Waals surface area (Å²) in [5.74, 6) is 0.605. The summed E-state index contributed by atoms with van der Waals surface area (Å²) in [5.41, 5.74) is 10.6. The van der Waals surface area contributed by atoms with Crippen LogP contribution in [0.1, 0.15) is 53.5 Å². The standard InChI is InChI=1S/C27H26/c1-18-14-16-23(17-15-18)27(22-10-6-5-7-11-22)26-20(3)19(2)24-12-8-9-13-25(24)21(26)4/h5-17,19,27H,4H2,1-3H3. The van der Waals surface area contributed by atoms with Gasteiger partial charge in [0, 0.05) is 11.8 Å². The lowest BCUT2D eigenvalue weighted by Crippen LogP contribution is -2.16. The Hall–Kier alpha value is -2.86. The van der Waals surface area contributed by atoms with E-state index in [1.165, 1.54) is 39.0 Å². The molecule has 3 aromatic carbocycles. The molecule has 2 unspecified atom stereocenters. The second-order valence-electron chi connectivity index (χ2n) is 7.64. The van der Waals surface area contributed by atoms with Gasteiger partial charge in [0.05, 0.1) is 0 Å². The van der Waals surface area contributed by atoms with Crippen LogP contribution < -0.4 is 0 Å². The number of aryl methyl sites for hydroxylation is 1. The summed E-state index contributed by atoms with van der Waals surface area (Å²) < 4.78 is 0. The Morgan fingerprint density at radius 2 is 1.33 bits per heavy atom. The maximum absolute atomic E-state index is 4.55. The average Bonchev–Trinajstić information content (AvgIpc) is 2.71. The molecule has 0 bridgehead atoms. The lowest BCUT2D eigenvalue weighted by Gasteiger charge is -2.34. The van der Waals surface area contributed by atoms with Crippen molar-refractivity contribution in [3.63, 3.8) is 0 Å². The third-order valence-electron chi connectivity index (χ3n) is 5.98. The van der Waals surface area contributed by atoms with Crippen molar-refractivity contribution >= 4 is 5.57 Å². The van der Waals surface area contributed by atoms with E-state index in [1.54, 1.807) is 0 Å². The van der Waals surface area contributed by atoms with Gasteiger partial charge in [0.1, 0.15) is 0 Å². The van der Waals surface area contributed by atoms with Crippen LogP contribution in [0.4, 0.5) is 0 Å². The van der Waals surface area contributed by atoms with E-state index in [-0.39, 0.29) is 5.92 Å². The van der Waals surface area contributed by atoms with Crippen LogP contribution in [0.25, 0.3) is 5.57 Å². The first-order valence-electron chi connectivity index (χ1n) is 9.68. The fourth-order valence-electron chi connectivity index (χ4n) is 4.33. The van der Waals surface area contributed by atoms with E-state index in [9.17, 15) is 0 Å². The van der Waals surface area contributed by atoms with Gasteiger partial charge in [0.25, 0.3) is 0 Å². The highest BCUT2D eigenvalue weighted by Crippen LogP contribution is 2.48. The number of benzene rings is 3. The zero-order chi connectivity index (χ0) is 19.0. The van der Waals surface area contributed by atoms with Crippen molar-refractivity contribution in [3.8, 4) is 0 Å². The second kappa shape index (κ2) is 7.04. The monoisotopic (exact) mass is 350 g/mol. The molecule has 0 saturated heterocycles. The molecule has 27 heavy (non-hydrogen) atoms. The zero-order valence-corrected chi connectivity index (χ0v) is 16.4. The summed E-state index contributed by atoms with van der Waals surface area (Å²) in [4.78, 5) is 0. The van der Waals surface area contributed by atoms with Crippen LogP contribution >= 0.6 is 0 Å². The van der Waals surface area contributed by atoms with Crippen LogP contribution in [-0.4, -0.2) is 0 Å². The highest BCUT2D eigenvalue weighted by molar-refractivity contribution is 5.85. The van der Waals surface area contributed by atoms with E-state index in [1.807, 2.05) is 0 Å². The highest BCUT2D eigenvalue weighted by atomic mass is 14.3. The molecule has 0 fully saturated rings. The fraction of sp³-hybridized carbons (Fsp3) is 0.185. The van der Waals surface area contributed by atoms with Gasteiger partial charge >= 0.3 is 0 Å². The van der Waals surface area contributed by atoms with Crippen molar-refractivity contribution in [2.75, 3.05) is 0 Å². The Bertz CT molecular complexity index is 1000. The van der Waals surface area contributed by atoms with Crippen molar-refractivity contribution in [2.24, 2.45) is 0 Å². The number of rotatable bonds is 3. The molecule has 0 saturated carbocycles. The van der Waals surface area contributed by atoms with E-state index >= 15 is 0 Å². The van der Waals surface area contributed by atoms with Gasteiger partial charge in [-0.05, 0) is 47.2 Å². The van der Waals surface area contributed by atoms with Crippen LogP contribution in [-0.2, 0) is 0 Å². The Balaban J connectivity index is 1.94. The van der Waals surface area contributed by atoms with Crippen molar-refractivity contribution < 1.29 is 0 Å². The van der Waals surface area contributed by atoms with E-state index in [4.69, 9.17) is 0 Å². The average molecular weight is 351 g/mol. The lowest BCUT2D eigenvalue weighted by molar-refractivity contribution is 0.828. The van der Waals surface area contributed by atoms with Gasteiger partial charge in [0.15, 0.2) is 0 Å². The third kappa shape index (κ3) is 3.06. The van der Waals surface area contributed by atoms with Gasteiger partial charge in [-0.15, -0.1) is 0 Å². The molecule has 2 atom stereocenters. The number of allylic oxidation sites excluding steroid dienone is 3. The summed E-state index contributed by atoms with van der Waals surface area (Å²) >= 11 is 0. The predicted molar refractivity (Wildman–Crippen MR) is 116 cm³/mol. The van der Waals surface area contributed by atoms with Gasteiger partial charge in [-0.25, -0.2) is 0 Å². The van der Waals surface area contributed by atoms with E-state index < -0.39 is 0 Å². The molecule has 0 heteroatoms.